The van der Waals surface area contributed by atoms with E-state index in [1.165, 1.54) is 31.2 Å². The SMILES string of the molecule is CCCCC[C@@H]1C[C@H](c2ccccc2)N(C)O1. The van der Waals surface area contributed by atoms with Gasteiger partial charge in [0.1, 0.15) is 0 Å². The molecule has 0 aliphatic carbocycles. The fourth-order valence-electron chi connectivity index (χ4n) is 2.56. The third kappa shape index (κ3) is 3.30. The molecule has 1 aliphatic heterocycles. The molecular formula is C15H23NO. The van der Waals surface area contributed by atoms with Crippen molar-refractivity contribution in [2.24, 2.45) is 0 Å². The van der Waals surface area contributed by atoms with Crippen LogP contribution in [0.4, 0.5) is 0 Å². The summed E-state index contributed by atoms with van der Waals surface area (Å²) in [5, 5.41) is 2.03. The van der Waals surface area contributed by atoms with Gasteiger partial charge in [0, 0.05) is 7.05 Å². The van der Waals surface area contributed by atoms with Gasteiger partial charge in [-0.3, -0.25) is 4.84 Å². The summed E-state index contributed by atoms with van der Waals surface area (Å²) in [4.78, 5) is 5.91. The Labute approximate surface area is 105 Å². The van der Waals surface area contributed by atoms with Crippen molar-refractivity contribution in [3.8, 4) is 0 Å². The van der Waals surface area contributed by atoms with Gasteiger partial charge in [-0.25, -0.2) is 0 Å². The molecule has 2 rings (SSSR count). The summed E-state index contributed by atoms with van der Waals surface area (Å²) < 4.78 is 0. The number of rotatable bonds is 5. The first-order valence-corrected chi connectivity index (χ1v) is 6.75. The van der Waals surface area contributed by atoms with Crippen molar-refractivity contribution in [3.05, 3.63) is 35.9 Å². The van der Waals surface area contributed by atoms with Gasteiger partial charge in [0.15, 0.2) is 0 Å². The van der Waals surface area contributed by atoms with Crippen LogP contribution in [0.1, 0.15) is 50.6 Å². The molecule has 0 N–H and O–H groups in total. The summed E-state index contributed by atoms with van der Waals surface area (Å²) in [5.74, 6) is 0. The van der Waals surface area contributed by atoms with E-state index in [4.69, 9.17) is 4.84 Å². The number of hydrogen-bond donors (Lipinski definition) is 0. The van der Waals surface area contributed by atoms with E-state index < -0.39 is 0 Å². The highest BCUT2D eigenvalue weighted by atomic mass is 16.7. The number of benzene rings is 1. The van der Waals surface area contributed by atoms with E-state index >= 15 is 0 Å². The first-order valence-electron chi connectivity index (χ1n) is 6.75. The fraction of sp³-hybridized carbons (Fsp3) is 0.600. The maximum atomic E-state index is 5.91. The van der Waals surface area contributed by atoms with Gasteiger partial charge in [-0.05, 0) is 18.4 Å². The van der Waals surface area contributed by atoms with Gasteiger partial charge in [-0.15, -0.1) is 0 Å². The van der Waals surface area contributed by atoms with Crippen LogP contribution in [0.3, 0.4) is 0 Å². The molecule has 1 heterocycles. The van der Waals surface area contributed by atoms with Gasteiger partial charge < -0.3 is 0 Å². The summed E-state index contributed by atoms with van der Waals surface area (Å²) in [5.41, 5.74) is 1.37. The normalized spacial score (nSPS) is 25.3. The zero-order chi connectivity index (χ0) is 12.1. The van der Waals surface area contributed by atoms with Crippen LogP contribution in [0.5, 0.6) is 0 Å². The van der Waals surface area contributed by atoms with Gasteiger partial charge in [0.25, 0.3) is 0 Å². The summed E-state index contributed by atoms with van der Waals surface area (Å²) in [6.07, 6.45) is 6.63. The van der Waals surface area contributed by atoms with Crippen LogP contribution < -0.4 is 0 Å². The molecule has 0 spiro atoms. The molecule has 0 amide bonds. The molecule has 0 bridgehead atoms. The zero-order valence-electron chi connectivity index (χ0n) is 10.9. The summed E-state index contributed by atoms with van der Waals surface area (Å²) in [6.45, 7) is 2.24. The molecule has 0 saturated carbocycles. The van der Waals surface area contributed by atoms with Crippen molar-refractivity contribution in [1.29, 1.82) is 0 Å². The Morgan fingerprint density at radius 1 is 1.24 bits per heavy atom. The molecule has 1 aliphatic rings. The second-order valence-electron chi connectivity index (χ2n) is 4.93. The lowest BCUT2D eigenvalue weighted by Crippen LogP contribution is -2.16. The third-order valence-electron chi connectivity index (χ3n) is 3.55. The highest BCUT2D eigenvalue weighted by Crippen LogP contribution is 2.34. The molecule has 2 nitrogen and oxygen atoms in total. The lowest BCUT2D eigenvalue weighted by Gasteiger charge is -2.17. The third-order valence-corrected chi connectivity index (χ3v) is 3.55. The molecule has 2 atom stereocenters. The minimum Gasteiger partial charge on any atom is -0.295 e. The lowest BCUT2D eigenvalue weighted by molar-refractivity contribution is -0.145. The second-order valence-corrected chi connectivity index (χ2v) is 4.93. The molecule has 1 fully saturated rings. The largest absolute Gasteiger partial charge is 0.295 e. The Kier molecular flexibility index (Phi) is 4.57. The Bertz CT molecular complexity index is 325. The van der Waals surface area contributed by atoms with E-state index in [2.05, 4.69) is 44.3 Å². The predicted octanol–water partition coefficient (Wildman–Crippen LogP) is 3.94. The van der Waals surface area contributed by atoms with Gasteiger partial charge in [-0.1, -0.05) is 56.5 Å². The Morgan fingerprint density at radius 3 is 2.71 bits per heavy atom. The monoisotopic (exact) mass is 233 g/mol. The second kappa shape index (κ2) is 6.18. The van der Waals surface area contributed by atoms with Gasteiger partial charge in [0.2, 0.25) is 0 Å². The van der Waals surface area contributed by atoms with Crippen LogP contribution in [0.15, 0.2) is 30.3 Å². The van der Waals surface area contributed by atoms with Crippen LogP contribution in [0.2, 0.25) is 0 Å². The first-order chi connectivity index (χ1) is 8.31. The standard InChI is InChI=1S/C15H23NO/c1-3-4-6-11-14-12-15(16(2)17-14)13-9-7-5-8-10-13/h5,7-10,14-15H,3-4,6,11-12H2,1-2H3/t14-,15-/m1/s1. The summed E-state index contributed by atoms with van der Waals surface area (Å²) >= 11 is 0. The van der Waals surface area contributed by atoms with Crippen molar-refractivity contribution in [1.82, 2.24) is 5.06 Å². The Morgan fingerprint density at radius 2 is 2.00 bits per heavy atom. The quantitative estimate of drug-likeness (QED) is 0.714. The first kappa shape index (κ1) is 12.6. The number of nitrogens with zero attached hydrogens (tertiary/aromatic N) is 1. The molecule has 94 valence electrons. The van der Waals surface area contributed by atoms with Crippen molar-refractivity contribution in [2.75, 3.05) is 7.05 Å². The van der Waals surface area contributed by atoms with Crippen molar-refractivity contribution in [2.45, 2.75) is 51.2 Å². The zero-order valence-corrected chi connectivity index (χ0v) is 10.9. The molecular weight excluding hydrogens is 210 g/mol. The average Bonchev–Trinajstić information content (AvgIpc) is 2.72. The van der Waals surface area contributed by atoms with Gasteiger partial charge in [-0.2, -0.15) is 5.06 Å². The van der Waals surface area contributed by atoms with E-state index in [1.807, 2.05) is 5.06 Å². The number of hydrogen-bond acceptors (Lipinski definition) is 2. The van der Waals surface area contributed by atoms with E-state index in [0.29, 0.717) is 12.1 Å². The van der Waals surface area contributed by atoms with Crippen molar-refractivity contribution < 1.29 is 4.84 Å². The van der Waals surface area contributed by atoms with E-state index in [0.717, 1.165) is 6.42 Å². The highest BCUT2D eigenvalue weighted by Gasteiger charge is 2.31. The number of unbranched alkanes of at least 4 members (excludes halogenated alkanes) is 2. The van der Waals surface area contributed by atoms with Crippen molar-refractivity contribution >= 4 is 0 Å². The molecule has 0 radical (unpaired) electrons. The topological polar surface area (TPSA) is 12.5 Å². The Balaban J connectivity index is 1.89. The maximum Gasteiger partial charge on any atom is 0.0812 e. The molecule has 17 heavy (non-hydrogen) atoms. The van der Waals surface area contributed by atoms with Crippen molar-refractivity contribution in [3.63, 3.8) is 0 Å². The maximum absolute atomic E-state index is 5.91. The van der Waals surface area contributed by atoms with Crippen LogP contribution in [0.25, 0.3) is 0 Å². The van der Waals surface area contributed by atoms with Gasteiger partial charge >= 0.3 is 0 Å². The minimum atomic E-state index is 0.414. The molecule has 0 unspecified atom stereocenters. The molecule has 1 saturated heterocycles. The minimum absolute atomic E-state index is 0.414. The highest BCUT2D eigenvalue weighted by molar-refractivity contribution is 5.19. The van der Waals surface area contributed by atoms with E-state index in [1.54, 1.807) is 0 Å². The molecule has 1 aromatic carbocycles. The lowest BCUT2D eigenvalue weighted by atomic mass is 9.99. The van der Waals surface area contributed by atoms with E-state index in [9.17, 15) is 0 Å². The smallest absolute Gasteiger partial charge is 0.0812 e. The van der Waals surface area contributed by atoms with Crippen LogP contribution >= 0.6 is 0 Å². The van der Waals surface area contributed by atoms with Crippen LogP contribution in [-0.2, 0) is 4.84 Å². The predicted molar refractivity (Wildman–Crippen MR) is 70.6 cm³/mol. The van der Waals surface area contributed by atoms with Crippen LogP contribution in [-0.4, -0.2) is 18.2 Å². The van der Waals surface area contributed by atoms with E-state index in [-0.39, 0.29) is 0 Å². The Hall–Kier alpha value is -0.860. The average molecular weight is 233 g/mol. The fourth-order valence-corrected chi connectivity index (χ4v) is 2.56. The number of hydroxylamine groups is 2. The van der Waals surface area contributed by atoms with Crippen LogP contribution in [0, 0.1) is 0 Å². The summed E-state index contributed by atoms with van der Waals surface area (Å²) in [7, 11) is 2.05. The molecule has 2 heteroatoms. The summed E-state index contributed by atoms with van der Waals surface area (Å²) in [6, 6.07) is 11.1. The van der Waals surface area contributed by atoms with Gasteiger partial charge in [0.05, 0.1) is 12.1 Å². The molecule has 0 aromatic heterocycles. The molecule has 1 aromatic rings.